The minimum atomic E-state index is -2.53. The number of ether oxygens (including phenoxy) is 3. The van der Waals surface area contributed by atoms with Crippen molar-refractivity contribution in [2.24, 2.45) is 0 Å². The highest BCUT2D eigenvalue weighted by molar-refractivity contribution is 5.73. The van der Waals surface area contributed by atoms with Gasteiger partial charge in [-0.3, -0.25) is 4.79 Å². The molecule has 1 amide bonds. The van der Waals surface area contributed by atoms with E-state index in [4.69, 9.17) is 19.3 Å². The minimum Gasteiger partial charge on any atom is -0.394 e. The summed E-state index contributed by atoms with van der Waals surface area (Å²) in [5, 5.41) is 82.1. The molecule has 2 fully saturated rings. The van der Waals surface area contributed by atoms with Crippen LogP contribution in [0.4, 0.5) is 0 Å². The van der Waals surface area contributed by atoms with Crippen LogP contribution < -0.4 is 5.32 Å². The molecule has 2 aliphatic heterocycles. The lowest BCUT2D eigenvalue weighted by atomic mass is 9.91. The van der Waals surface area contributed by atoms with Gasteiger partial charge in [-0.2, -0.15) is 0 Å². The van der Waals surface area contributed by atoms with Gasteiger partial charge in [0.05, 0.1) is 37.9 Å². The van der Waals surface area contributed by atoms with Crippen molar-refractivity contribution in [3.05, 3.63) is 0 Å². The van der Waals surface area contributed by atoms with E-state index in [1.54, 1.807) is 0 Å². The van der Waals surface area contributed by atoms with E-state index in [1.165, 1.54) is 6.92 Å². The van der Waals surface area contributed by atoms with Crippen LogP contribution in [0.1, 0.15) is 20.3 Å². The highest BCUT2D eigenvalue weighted by Crippen LogP contribution is 2.32. The Labute approximate surface area is 172 Å². The van der Waals surface area contributed by atoms with Gasteiger partial charge in [0.2, 0.25) is 5.91 Å². The Morgan fingerprint density at radius 2 is 1.83 bits per heavy atom. The van der Waals surface area contributed by atoms with E-state index in [0.717, 1.165) is 6.92 Å². The van der Waals surface area contributed by atoms with E-state index in [0.29, 0.717) is 0 Å². The first-order valence-corrected chi connectivity index (χ1v) is 9.56. The molecule has 0 aromatic carbocycles. The second-order valence-electron chi connectivity index (χ2n) is 7.70. The van der Waals surface area contributed by atoms with Gasteiger partial charge in [0.15, 0.2) is 0 Å². The molecular weight excluding hydrogens is 410 g/mol. The number of rotatable bonds is 7. The average Bonchev–Trinajstić information content (AvgIpc) is 2.68. The molecule has 0 saturated carbocycles. The topological polar surface area (TPSA) is 219 Å². The molecule has 0 spiro atoms. The van der Waals surface area contributed by atoms with Crippen LogP contribution in [0.3, 0.4) is 0 Å². The van der Waals surface area contributed by atoms with E-state index in [9.17, 15) is 40.5 Å². The minimum absolute atomic E-state index is 0.533. The SMILES string of the molecule is CC(=O)NC1C(O)CC(O)(OCC2OC(C)C(O)C(O)C2O)OC1[C@H](O)C(O)CO. The number of carbonyl (C=O) groups is 1. The van der Waals surface area contributed by atoms with Gasteiger partial charge < -0.3 is 60.4 Å². The number of carbonyl (C=O) groups excluding carboxylic acids is 1. The molecule has 0 aliphatic carbocycles. The summed E-state index contributed by atoms with van der Waals surface area (Å²) in [6, 6.07) is -1.24. The van der Waals surface area contributed by atoms with Gasteiger partial charge in [-0.25, -0.2) is 0 Å². The lowest BCUT2D eigenvalue weighted by Gasteiger charge is -2.46. The molecule has 10 unspecified atom stereocenters. The predicted octanol–water partition coefficient (Wildman–Crippen LogP) is -5.11. The maximum atomic E-state index is 11.4. The van der Waals surface area contributed by atoms with E-state index in [1.807, 2.05) is 0 Å². The first-order chi connectivity index (χ1) is 13.9. The molecule has 0 aromatic rings. The van der Waals surface area contributed by atoms with Gasteiger partial charge in [-0.05, 0) is 6.92 Å². The molecule has 2 heterocycles. The first kappa shape index (κ1) is 25.3. The van der Waals surface area contributed by atoms with Crippen LogP contribution in [0.5, 0.6) is 0 Å². The van der Waals surface area contributed by atoms with Crippen LogP contribution >= 0.6 is 0 Å². The predicted molar refractivity (Wildman–Crippen MR) is 95.5 cm³/mol. The summed E-state index contributed by atoms with van der Waals surface area (Å²) in [4.78, 5) is 11.4. The molecule has 2 saturated heterocycles. The summed E-state index contributed by atoms with van der Waals surface area (Å²) in [6.07, 6.45) is -13.6. The monoisotopic (exact) mass is 441 g/mol. The van der Waals surface area contributed by atoms with Gasteiger partial charge in [0.25, 0.3) is 5.97 Å². The van der Waals surface area contributed by atoms with Crippen LogP contribution in [0, 0.1) is 0 Å². The molecule has 9 N–H and O–H groups in total. The highest BCUT2D eigenvalue weighted by atomic mass is 16.8. The summed E-state index contributed by atoms with van der Waals surface area (Å²) in [5.41, 5.74) is 0. The third-order valence-corrected chi connectivity index (χ3v) is 5.27. The maximum Gasteiger partial charge on any atom is 0.283 e. The number of aliphatic hydroxyl groups excluding tert-OH is 7. The van der Waals surface area contributed by atoms with Crippen molar-refractivity contribution in [2.45, 2.75) is 87.2 Å². The molecular formula is C17H31NO12. The van der Waals surface area contributed by atoms with E-state index < -0.39 is 92.5 Å². The standard InChI is InChI=1S/C17H31NO12/c1-6-12(23)15(26)14(25)10(29-6)5-28-17(27)3-8(21)11(18-7(2)20)16(30-17)13(24)9(22)4-19/h6,8-16,19,21-27H,3-5H2,1-2H3,(H,18,20)/t6?,8?,9?,10?,11?,12?,13-,14?,15?,16?,17?/m1/s1. The van der Waals surface area contributed by atoms with Gasteiger partial charge in [-0.15, -0.1) is 0 Å². The van der Waals surface area contributed by atoms with Crippen LogP contribution in [0.2, 0.25) is 0 Å². The summed E-state index contributed by atoms with van der Waals surface area (Å²) in [5.74, 6) is -3.10. The summed E-state index contributed by atoms with van der Waals surface area (Å²) in [7, 11) is 0. The van der Waals surface area contributed by atoms with Crippen molar-refractivity contribution in [2.75, 3.05) is 13.2 Å². The fraction of sp³-hybridized carbons (Fsp3) is 0.941. The Balaban J connectivity index is 2.13. The van der Waals surface area contributed by atoms with Crippen LogP contribution in [-0.4, -0.2) is 127 Å². The molecule has 13 heteroatoms. The van der Waals surface area contributed by atoms with Crippen molar-refractivity contribution in [3.63, 3.8) is 0 Å². The highest BCUT2D eigenvalue weighted by Gasteiger charge is 2.52. The Hall–Kier alpha value is -0.970. The van der Waals surface area contributed by atoms with Crippen molar-refractivity contribution >= 4 is 5.91 Å². The van der Waals surface area contributed by atoms with Gasteiger partial charge in [0.1, 0.15) is 42.7 Å². The second-order valence-corrected chi connectivity index (χ2v) is 7.70. The Bertz CT molecular complexity index is 581. The van der Waals surface area contributed by atoms with Crippen molar-refractivity contribution in [1.29, 1.82) is 0 Å². The third kappa shape index (κ3) is 5.63. The fourth-order valence-electron chi connectivity index (χ4n) is 3.55. The smallest absolute Gasteiger partial charge is 0.283 e. The van der Waals surface area contributed by atoms with E-state index >= 15 is 0 Å². The number of hydrogen-bond donors (Lipinski definition) is 9. The number of nitrogens with one attached hydrogen (secondary N) is 1. The largest absolute Gasteiger partial charge is 0.394 e. The molecule has 0 radical (unpaired) electrons. The quantitative estimate of drug-likeness (QED) is 0.169. The Morgan fingerprint density at radius 1 is 1.20 bits per heavy atom. The molecule has 176 valence electrons. The van der Waals surface area contributed by atoms with Crippen LogP contribution in [-0.2, 0) is 19.0 Å². The fourth-order valence-corrected chi connectivity index (χ4v) is 3.55. The molecule has 11 atom stereocenters. The summed E-state index contributed by atoms with van der Waals surface area (Å²) < 4.78 is 15.9. The number of hydrogen-bond acceptors (Lipinski definition) is 12. The Kier molecular flexibility index (Phi) is 8.51. The van der Waals surface area contributed by atoms with Crippen molar-refractivity contribution in [3.8, 4) is 0 Å². The van der Waals surface area contributed by atoms with E-state index in [2.05, 4.69) is 5.32 Å². The van der Waals surface area contributed by atoms with Crippen LogP contribution in [0.15, 0.2) is 0 Å². The average molecular weight is 441 g/mol. The lowest BCUT2D eigenvalue weighted by molar-refractivity contribution is -0.419. The van der Waals surface area contributed by atoms with Gasteiger partial charge in [0, 0.05) is 6.92 Å². The van der Waals surface area contributed by atoms with E-state index in [-0.39, 0.29) is 0 Å². The molecule has 13 nitrogen and oxygen atoms in total. The Morgan fingerprint density at radius 3 is 2.40 bits per heavy atom. The second kappa shape index (κ2) is 10.1. The van der Waals surface area contributed by atoms with Crippen LogP contribution in [0.25, 0.3) is 0 Å². The molecule has 2 rings (SSSR count). The van der Waals surface area contributed by atoms with Gasteiger partial charge >= 0.3 is 0 Å². The number of amides is 1. The molecule has 2 aliphatic rings. The third-order valence-electron chi connectivity index (χ3n) is 5.27. The number of aliphatic hydroxyl groups is 8. The molecule has 0 bridgehead atoms. The summed E-state index contributed by atoms with van der Waals surface area (Å²) in [6.45, 7) is 1.22. The van der Waals surface area contributed by atoms with Crippen molar-refractivity contribution in [1.82, 2.24) is 5.32 Å². The molecule has 0 aromatic heterocycles. The molecule has 30 heavy (non-hydrogen) atoms. The lowest BCUT2D eigenvalue weighted by Crippen LogP contribution is -2.66. The summed E-state index contributed by atoms with van der Waals surface area (Å²) >= 11 is 0. The normalized spacial score (nSPS) is 44.3. The van der Waals surface area contributed by atoms with Gasteiger partial charge in [-0.1, -0.05) is 0 Å². The van der Waals surface area contributed by atoms with Crippen molar-refractivity contribution < 1.29 is 59.9 Å². The zero-order valence-electron chi connectivity index (χ0n) is 16.6. The first-order valence-electron chi connectivity index (χ1n) is 9.56. The zero-order valence-corrected chi connectivity index (χ0v) is 16.6. The maximum absolute atomic E-state index is 11.4. The zero-order chi connectivity index (χ0) is 22.8.